The van der Waals surface area contributed by atoms with Crippen molar-refractivity contribution in [3.8, 4) is 5.75 Å². The van der Waals surface area contributed by atoms with Gasteiger partial charge >= 0.3 is 5.97 Å². The Morgan fingerprint density at radius 3 is 2.36 bits per heavy atom. The number of carboxylic acid groups (broad SMARTS) is 1. The third-order valence-electron chi connectivity index (χ3n) is 2.93. The molecule has 0 aliphatic heterocycles. The maximum Gasteiger partial charge on any atom is 0.339 e. The van der Waals surface area contributed by atoms with Crippen LogP contribution in [-0.4, -0.2) is 21.7 Å². The van der Waals surface area contributed by atoms with Gasteiger partial charge in [-0.15, -0.1) is 0 Å². The Balaban J connectivity index is 2.24. The summed E-state index contributed by atoms with van der Waals surface area (Å²) >= 11 is 11.0. The maximum absolute atomic E-state index is 11.7. The first-order valence-corrected chi connectivity index (χ1v) is 7.22. The van der Waals surface area contributed by atoms with Crippen LogP contribution in [0.2, 0.25) is 0 Å². The molecular formula is C16H12Cl2O4. The molecule has 0 heterocycles. The average molecular weight is 339 g/mol. The summed E-state index contributed by atoms with van der Waals surface area (Å²) in [6.07, 6.45) is 0. The van der Waals surface area contributed by atoms with Gasteiger partial charge in [0.05, 0.1) is 0 Å². The molecular weight excluding hydrogens is 327 g/mol. The van der Waals surface area contributed by atoms with Crippen LogP contribution < -0.4 is 4.74 Å². The number of halogens is 2. The number of benzene rings is 2. The predicted octanol–water partition coefficient (Wildman–Crippen LogP) is 3.95. The number of rotatable bonds is 6. The van der Waals surface area contributed by atoms with Crippen molar-refractivity contribution in [2.45, 2.75) is 11.4 Å². The van der Waals surface area contributed by atoms with E-state index in [-0.39, 0.29) is 23.5 Å². The number of Topliss-reactive ketones (excluding diaryl/α,β-unsaturated/α-hetero) is 1. The third kappa shape index (κ3) is 4.00. The van der Waals surface area contributed by atoms with Crippen molar-refractivity contribution in [2.24, 2.45) is 0 Å². The molecule has 2 aromatic carbocycles. The number of ketones is 1. The highest BCUT2D eigenvalue weighted by Crippen LogP contribution is 2.23. The van der Waals surface area contributed by atoms with Gasteiger partial charge in [0.25, 0.3) is 0 Å². The van der Waals surface area contributed by atoms with Crippen molar-refractivity contribution >= 4 is 35.0 Å². The lowest BCUT2D eigenvalue weighted by Crippen LogP contribution is -2.11. The van der Waals surface area contributed by atoms with Crippen molar-refractivity contribution in [3.05, 3.63) is 65.2 Å². The van der Waals surface area contributed by atoms with Gasteiger partial charge in [0.1, 0.15) is 17.9 Å². The zero-order valence-corrected chi connectivity index (χ0v) is 12.8. The van der Waals surface area contributed by atoms with Crippen molar-refractivity contribution in [1.82, 2.24) is 0 Å². The Morgan fingerprint density at radius 1 is 1.09 bits per heavy atom. The Labute approximate surface area is 137 Å². The van der Waals surface area contributed by atoms with Gasteiger partial charge < -0.3 is 9.84 Å². The highest BCUT2D eigenvalue weighted by molar-refractivity contribution is 6.55. The van der Waals surface area contributed by atoms with Gasteiger partial charge in [-0.1, -0.05) is 53.5 Å². The van der Waals surface area contributed by atoms with E-state index in [9.17, 15) is 14.7 Å². The van der Waals surface area contributed by atoms with E-state index in [1.54, 1.807) is 0 Å². The fourth-order valence-corrected chi connectivity index (χ4v) is 2.09. The third-order valence-corrected chi connectivity index (χ3v) is 3.33. The van der Waals surface area contributed by atoms with Gasteiger partial charge in [0.15, 0.2) is 10.6 Å². The van der Waals surface area contributed by atoms with E-state index in [4.69, 9.17) is 27.9 Å². The van der Waals surface area contributed by atoms with Crippen LogP contribution in [0, 0.1) is 0 Å². The number of carbonyl (C=O) groups is 2. The minimum Gasteiger partial charge on any atom is -0.488 e. The minimum atomic E-state index is -1.24. The van der Waals surface area contributed by atoms with Crippen molar-refractivity contribution in [1.29, 1.82) is 0 Å². The Morgan fingerprint density at radius 2 is 1.77 bits per heavy atom. The highest BCUT2D eigenvalue weighted by Gasteiger charge is 2.19. The van der Waals surface area contributed by atoms with Crippen LogP contribution in [-0.2, 0) is 6.61 Å². The standard InChI is InChI=1S/C16H12Cl2O4/c17-15(18)14(19)11-6-7-13(12(8-11)16(20)21)22-9-10-4-2-1-3-5-10/h1-8,15H,9H2,(H,20,21). The van der Waals surface area contributed by atoms with E-state index in [2.05, 4.69) is 0 Å². The number of hydrogen-bond donors (Lipinski definition) is 1. The number of carboxylic acids is 1. The van der Waals surface area contributed by atoms with E-state index in [1.165, 1.54) is 18.2 Å². The summed E-state index contributed by atoms with van der Waals surface area (Å²) in [6, 6.07) is 13.4. The van der Waals surface area contributed by atoms with Crippen molar-refractivity contribution in [3.63, 3.8) is 0 Å². The molecule has 2 rings (SSSR count). The van der Waals surface area contributed by atoms with Crippen LogP contribution >= 0.6 is 23.2 Å². The van der Waals surface area contributed by atoms with E-state index >= 15 is 0 Å². The van der Waals surface area contributed by atoms with Crippen LogP contribution in [0.15, 0.2) is 48.5 Å². The summed E-state index contributed by atoms with van der Waals surface area (Å²) in [6.45, 7) is 0.224. The second-order valence-corrected chi connectivity index (χ2v) is 5.55. The molecule has 0 aromatic heterocycles. The van der Waals surface area contributed by atoms with Gasteiger partial charge in [0.2, 0.25) is 0 Å². The number of hydrogen-bond acceptors (Lipinski definition) is 3. The first-order chi connectivity index (χ1) is 10.5. The van der Waals surface area contributed by atoms with Gasteiger partial charge in [-0.25, -0.2) is 4.79 Å². The summed E-state index contributed by atoms with van der Waals surface area (Å²) in [5.74, 6) is -1.58. The molecule has 22 heavy (non-hydrogen) atoms. The van der Waals surface area contributed by atoms with Crippen LogP contribution in [0.3, 0.4) is 0 Å². The Bertz CT molecular complexity index is 684. The van der Waals surface area contributed by atoms with E-state index in [0.717, 1.165) is 5.56 Å². The zero-order chi connectivity index (χ0) is 16.1. The molecule has 114 valence electrons. The molecule has 0 unspecified atom stereocenters. The molecule has 4 nitrogen and oxygen atoms in total. The summed E-state index contributed by atoms with van der Waals surface area (Å²) in [7, 11) is 0. The number of ether oxygens (including phenoxy) is 1. The van der Waals surface area contributed by atoms with Gasteiger partial charge in [0, 0.05) is 5.56 Å². The van der Waals surface area contributed by atoms with E-state index in [1.807, 2.05) is 30.3 Å². The highest BCUT2D eigenvalue weighted by atomic mass is 35.5. The zero-order valence-electron chi connectivity index (χ0n) is 11.3. The minimum absolute atomic E-state index is 0.115. The Hall–Kier alpha value is -2.04. The molecule has 0 spiro atoms. The fourth-order valence-electron chi connectivity index (χ4n) is 1.84. The maximum atomic E-state index is 11.7. The second-order valence-electron chi connectivity index (χ2n) is 4.46. The number of aromatic carboxylic acids is 1. The first kappa shape index (κ1) is 16.3. The predicted molar refractivity (Wildman–Crippen MR) is 84.0 cm³/mol. The Kier molecular flexibility index (Phi) is 5.41. The second kappa shape index (κ2) is 7.29. The number of carbonyl (C=O) groups excluding carboxylic acids is 1. The van der Waals surface area contributed by atoms with Gasteiger partial charge in [-0.05, 0) is 23.8 Å². The monoisotopic (exact) mass is 338 g/mol. The quantitative estimate of drug-likeness (QED) is 0.639. The summed E-state index contributed by atoms with van der Waals surface area (Å²) in [5, 5.41) is 9.25. The molecule has 6 heteroatoms. The van der Waals surface area contributed by atoms with Gasteiger partial charge in [-0.3, -0.25) is 4.79 Å². The fraction of sp³-hybridized carbons (Fsp3) is 0.125. The molecule has 0 amide bonds. The molecule has 0 atom stereocenters. The lowest BCUT2D eigenvalue weighted by molar-refractivity contribution is 0.0691. The summed E-state index contributed by atoms with van der Waals surface area (Å²) in [4.78, 5) is 21.8. The lowest BCUT2D eigenvalue weighted by atomic mass is 10.1. The molecule has 0 bridgehead atoms. The molecule has 0 aliphatic carbocycles. The lowest BCUT2D eigenvalue weighted by Gasteiger charge is -2.11. The SMILES string of the molecule is O=C(O)c1cc(C(=O)C(Cl)Cl)ccc1OCc1ccccc1. The van der Waals surface area contributed by atoms with Crippen molar-refractivity contribution in [2.75, 3.05) is 0 Å². The molecule has 2 aromatic rings. The van der Waals surface area contributed by atoms with Gasteiger partial charge in [-0.2, -0.15) is 0 Å². The van der Waals surface area contributed by atoms with Crippen LogP contribution in [0.25, 0.3) is 0 Å². The van der Waals surface area contributed by atoms with Crippen LogP contribution in [0.4, 0.5) is 0 Å². The molecule has 0 saturated carbocycles. The topological polar surface area (TPSA) is 63.6 Å². The average Bonchev–Trinajstić information content (AvgIpc) is 2.52. The van der Waals surface area contributed by atoms with Crippen molar-refractivity contribution < 1.29 is 19.4 Å². The van der Waals surface area contributed by atoms with E-state index in [0.29, 0.717) is 0 Å². The first-order valence-electron chi connectivity index (χ1n) is 6.35. The largest absolute Gasteiger partial charge is 0.488 e. The molecule has 1 N–H and O–H groups in total. The molecule has 0 aliphatic rings. The smallest absolute Gasteiger partial charge is 0.339 e. The molecule has 0 saturated heterocycles. The summed E-state index contributed by atoms with van der Waals surface area (Å²) in [5.41, 5.74) is 0.913. The number of alkyl halides is 2. The molecule has 0 fully saturated rings. The molecule has 0 radical (unpaired) electrons. The van der Waals surface area contributed by atoms with E-state index < -0.39 is 16.6 Å². The normalized spacial score (nSPS) is 10.5. The van der Waals surface area contributed by atoms with Crippen LogP contribution in [0.5, 0.6) is 5.75 Å². The van der Waals surface area contributed by atoms with Crippen LogP contribution in [0.1, 0.15) is 26.3 Å². The summed E-state index contributed by atoms with van der Waals surface area (Å²) < 4.78 is 5.52.